The van der Waals surface area contributed by atoms with Gasteiger partial charge in [0, 0.05) is 7.05 Å². The number of allylic oxidation sites excluding steroid dienone is 4. The molecule has 1 nitrogen and oxygen atoms in total. The highest BCUT2D eigenvalue weighted by atomic mass is 14.7. The van der Waals surface area contributed by atoms with Gasteiger partial charge < -0.3 is 0 Å². The van der Waals surface area contributed by atoms with Gasteiger partial charge in [-0.05, 0) is 54.9 Å². The fourth-order valence-corrected chi connectivity index (χ4v) is 3.32. The van der Waals surface area contributed by atoms with E-state index in [9.17, 15) is 0 Å². The zero-order chi connectivity index (χ0) is 15.1. The van der Waals surface area contributed by atoms with Gasteiger partial charge in [0.25, 0.3) is 0 Å². The Hall–Kier alpha value is -1.63. The number of nitrogens with zero attached hydrogens (tertiary/aromatic N) is 1. The zero-order valence-corrected chi connectivity index (χ0v) is 13.6. The Morgan fingerprint density at radius 1 is 1.19 bits per heavy atom. The topological polar surface area (TPSA) is 12.4 Å². The van der Waals surface area contributed by atoms with Crippen molar-refractivity contribution in [3.8, 4) is 0 Å². The minimum Gasteiger partial charge on any atom is -0.288 e. The van der Waals surface area contributed by atoms with Crippen LogP contribution in [0.4, 0.5) is 0 Å². The summed E-state index contributed by atoms with van der Waals surface area (Å²) in [7, 11) is 1.90. The quantitative estimate of drug-likeness (QED) is 0.493. The van der Waals surface area contributed by atoms with Crippen molar-refractivity contribution in [3.05, 3.63) is 59.2 Å². The van der Waals surface area contributed by atoms with Crippen LogP contribution in [0.3, 0.4) is 0 Å². The van der Waals surface area contributed by atoms with E-state index >= 15 is 0 Å². The first-order valence-corrected chi connectivity index (χ1v) is 8.19. The van der Waals surface area contributed by atoms with Crippen molar-refractivity contribution >= 4 is 5.71 Å². The lowest BCUT2D eigenvalue weighted by Crippen LogP contribution is -2.06. The largest absolute Gasteiger partial charge is 0.288 e. The summed E-state index contributed by atoms with van der Waals surface area (Å²) in [6, 6.07) is 10.5. The molecular formula is C20H27N. The van der Waals surface area contributed by atoms with Crippen molar-refractivity contribution in [2.45, 2.75) is 46.0 Å². The molecule has 0 aromatic heterocycles. The predicted molar refractivity (Wildman–Crippen MR) is 93.0 cm³/mol. The molecule has 2 rings (SSSR count). The molecule has 1 aromatic rings. The normalized spacial score (nSPS) is 18.3. The van der Waals surface area contributed by atoms with Crippen LogP contribution in [0.15, 0.2) is 58.6 Å². The number of aliphatic imine (C=N–C) groups is 1. The maximum absolute atomic E-state index is 4.53. The van der Waals surface area contributed by atoms with Gasteiger partial charge in [0.15, 0.2) is 0 Å². The Morgan fingerprint density at radius 2 is 1.86 bits per heavy atom. The summed E-state index contributed by atoms with van der Waals surface area (Å²) in [5.74, 6) is 0.719. The van der Waals surface area contributed by atoms with E-state index in [0.717, 1.165) is 18.1 Å². The monoisotopic (exact) mass is 281 g/mol. The summed E-state index contributed by atoms with van der Waals surface area (Å²) < 4.78 is 0. The molecule has 1 saturated carbocycles. The van der Waals surface area contributed by atoms with E-state index in [0.29, 0.717) is 0 Å². The van der Waals surface area contributed by atoms with E-state index in [1.165, 1.54) is 42.4 Å². The predicted octanol–water partition coefficient (Wildman–Crippen LogP) is 5.58. The van der Waals surface area contributed by atoms with E-state index in [-0.39, 0.29) is 0 Å². The molecule has 1 aliphatic rings. The average Bonchev–Trinajstić information content (AvgIpc) is 3.06. The molecule has 1 aliphatic carbocycles. The lowest BCUT2D eigenvalue weighted by Gasteiger charge is -2.18. The minimum absolute atomic E-state index is 0.719. The van der Waals surface area contributed by atoms with Gasteiger partial charge in [0.1, 0.15) is 0 Å². The summed E-state index contributed by atoms with van der Waals surface area (Å²) >= 11 is 0. The van der Waals surface area contributed by atoms with Crippen LogP contribution < -0.4 is 0 Å². The molecule has 0 bridgehead atoms. The SMILES string of the molecule is C/C=C(CC)\C(=C/C(=NC)c1ccccc1)C1CCCC1. The molecule has 0 heterocycles. The average molecular weight is 281 g/mol. The van der Waals surface area contributed by atoms with E-state index in [1.54, 1.807) is 0 Å². The highest BCUT2D eigenvalue weighted by molar-refractivity contribution is 6.09. The van der Waals surface area contributed by atoms with E-state index < -0.39 is 0 Å². The van der Waals surface area contributed by atoms with Gasteiger partial charge in [-0.2, -0.15) is 0 Å². The van der Waals surface area contributed by atoms with Crippen molar-refractivity contribution in [3.63, 3.8) is 0 Å². The number of rotatable bonds is 5. The molecule has 0 N–H and O–H groups in total. The Labute approximate surface area is 129 Å². The van der Waals surface area contributed by atoms with Crippen molar-refractivity contribution < 1.29 is 0 Å². The smallest absolute Gasteiger partial charge is 0.0646 e. The molecule has 0 amide bonds. The lowest BCUT2D eigenvalue weighted by molar-refractivity contribution is 0.644. The maximum atomic E-state index is 4.53. The summed E-state index contributed by atoms with van der Waals surface area (Å²) in [5.41, 5.74) is 5.31. The second kappa shape index (κ2) is 7.97. The molecule has 1 heteroatoms. The molecule has 0 spiro atoms. The Balaban J connectivity index is 2.38. The Kier molecular flexibility index (Phi) is 5.98. The van der Waals surface area contributed by atoms with Crippen LogP contribution in [-0.4, -0.2) is 12.8 Å². The van der Waals surface area contributed by atoms with E-state index in [1.807, 2.05) is 7.05 Å². The molecule has 0 atom stereocenters. The van der Waals surface area contributed by atoms with Crippen LogP contribution >= 0.6 is 0 Å². The molecule has 1 fully saturated rings. The van der Waals surface area contributed by atoms with Crippen molar-refractivity contribution in [2.75, 3.05) is 7.05 Å². The third-order valence-corrected chi connectivity index (χ3v) is 4.50. The van der Waals surface area contributed by atoms with Gasteiger partial charge in [-0.1, -0.05) is 56.2 Å². The van der Waals surface area contributed by atoms with E-state index in [2.05, 4.69) is 61.3 Å². The number of hydrogen-bond donors (Lipinski definition) is 0. The van der Waals surface area contributed by atoms with Gasteiger partial charge in [-0.3, -0.25) is 4.99 Å². The zero-order valence-electron chi connectivity index (χ0n) is 13.6. The second-order valence-electron chi connectivity index (χ2n) is 5.72. The fraction of sp³-hybridized carbons (Fsp3) is 0.450. The fourth-order valence-electron chi connectivity index (χ4n) is 3.32. The van der Waals surface area contributed by atoms with Crippen molar-refractivity contribution in [2.24, 2.45) is 10.9 Å². The first-order chi connectivity index (χ1) is 10.3. The third-order valence-electron chi connectivity index (χ3n) is 4.50. The first kappa shape index (κ1) is 15.8. The van der Waals surface area contributed by atoms with Gasteiger partial charge in [-0.15, -0.1) is 0 Å². The summed E-state index contributed by atoms with van der Waals surface area (Å²) in [5, 5.41) is 0. The van der Waals surface area contributed by atoms with Crippen LogP contribution in [-0.2, 0) is 0 Å². The Bertz CT molecular complexity index is 528. The third kappa shape index (κ3) is 3.93. The molecule has 112 valence electrons. The van der Waals surface area contributed by atoms with Crippen LogP contribution in [0.5, 0.6) is 0 Å². The van der Waals surface area contributed by atoms with Crippen LogP contribution in [0, 0.1) is 5.92 Å². The second-order valence-corrected chi connectivity index (χ2v) is 5.72. The molecular weight excluding hydrogens is 254 g/mol. The maximum Gasteiger partial charge on any atom is 0.0646 e. The standard InChI is InChI=1S/C20H27N/c1-4-16(5-2)19(17-11-9-10-12-17)15-20(21-3)18-13-7-6-8-14-18/h4,6-8,13-15,17H,5,9-12H2,1-3H3/b16-4-,19-15+,21-20?. The highest BCUT2D eigenvalue weighted by Crippen LogP contribution is 2.36. The molecule has 0 saturated heterocycles. The van der Waals surface area contributed by atoms with Crippen LogP contribution in [0.1, 0.15) is 51.5 Å². The lowest BCUT2D eigenvalue weighted by atomic mass is 9.87. The van der Waals surface area contributed by atoms with E-state index in [4.69, 9.17) is 0 Å². The van der Waals surface area contributed by atoms with Gasteiger partial charge in [-0.25, -0.2) is 0 Å². The molecule has 21 heavy (non-hydrogen) atoms. The number of hydrogen-bond acceptors (Lipinski definition) is 1. The van der Waals surface area contributed by atoms with Gasteiger partial charge >= 0.3 is 0 Å². The van der Waals surface area contributed by atoms with Crippen molar-refractivity contribution in [1.29, 1.82) is 0 Å². The summed E-state index contributed by atoms with van der Waals surface area (Å²) in [4.78, 5) is 4.53. The van der Waals surface area contributed by atoms with Crippen LogP contribution in [0.2, 0.25) is 0 Å². The summed E-state index contributed by atoms with van der Waals surface area (Å²) in [6.07, 6.45) is 11.1. The highest BCUT2D eigenvalue weighted by Gasteiger charge is 2.21. The minimum atomic E-state index is 0.719. The van der Waals surface area contributed by atoms with Crippen LogP contribution in [0.25, 0.3) is 0 Å². The van der Waals surface area contributed by atoms with Gasteiger partial charge in [0.05, 0.1) is 5.71 Å². The number of benzene rings is 1. The molecule has 0 unspecified atom stereocenters. The van der Waals surface area contributed by atoms with Gasteiger partial charge in [0.2, 0.25) is 0 Å². The first-order valence-electron chi connectivity index (χ1n) is 8.19. The van der Waals surface area contributed by atoms with Crippen molar-refractivity contribution in [1.82, 2.24) is 0 Å². The molecule has 0 aliphatic heterocycles. The summed E-state index contributed by atoms with van der Waals surface area (Å²) in [6.45, 7) is 4.41. The molecule has 0 radical (unpaired) electrons. The Morgan fingerprint density at radius 3 is 2.38 bits per heavy atom. The molecule has 1 aromatic carbocycles.